The Morgan fingerprint density at radius 1 is 1.19 bits per heavy atom. The number of allylic oxidation sites excluding steroid dienone is 2. The minimum atomic E-state index is 0.351. The van der Waals surface area contributed by atoms with Crippen LogP contribution in [-0.4, -0.2) is 23.8 Å². The van der Waals surface area contributed by atoms with Gasteiger partial charge >= 0.3 is 0 Å². The highest BCUT2D eigenvalue weighted by Gasteiger charge is 2.16. The molecule has 0 amide bonds. The van der Waals surface area contributed by atoms with Crippen molar-refractivity contribution in [3.63, 3.8) is 0 Å². The molecule has 82 valence electrons. The largest absolute Gasteiger partial charge is 0.326 e. The Kier molecular flexibility index (Phi) is 3.20. The van der Waals surface area contributed by atoms with Gasteiger partial charge in [0, 0.05) is 18.8 Å². The molecule has 2 rings (SSSR count). The number of nitrogens with zero attached hydrogens (tertiary/aromatic N) is 2. The maximum Gasteiger partial charge on any atom is 0.135 e. The van der Waals surface area contributed by atoms with E-state index in [1.54, 1.807) is 0 Å². The van der Waals surface area contributed by atoms with Crippen molar-refractivity contribution >= 4 is 5.84 Å². The summed E-state index contributed by atoms with van der Waals surface area (Å²) in [5, 5.41) is 0. The van der Waals surface area contributed by atoms with E-state index in [2.05, 4.69) is 47.3 Å². The summed E-state index contributed by atoms with van der Waals surface area (Å²) in [5.41, 5.74) is 1.15. The van der Waals surface area contributed by atoms with E-state index in [4.69, 9.17) is 0 Å². The zero-order valence-electron chi connectivity index (χ0n) is 9.67. The minimum absolute atomic E-state index is 0.351. The number of hydrogen-bond donors (Lipinski definition) is 0. The van der Waals surface area contributed by atoms with Gasteiger partial charge < -0.3 is 4.90 Å². The van der Waals surface area contributed by atoms with Gasteiger partial charge in [-0.25, -0.2) is 0 Å². The smallest absolute Gasteiger partial charge is 0.135 e. The van der Waals surface area contributed by atoms with Crippen LogP contribution in [0.5, 0.6) is 0 Å². The normalized spacial score (nSPS) is 20.2. The molecule has 0 unspecified atom stereocenters. The van der Waals surface area contributed by atoms with Crippen molar-refractivity contribution in [2.24, 2.45) is 4.99 Å². The first kappa shape index (κ1) is 10.7. The van der Waals surface area contributed by atoms with Crippen LogP contribution in [0.15, 0.2) is 59.8 Å². The van der Waals surface area contributed by atoms with E-state index in [9.17, 15) is 0 Å². The van der Waals surface area contributed by atoms with Gasteiger partial charge in [-0.2, -0.15) is 0 Å². The number of amidine groups is 1. The van der Waals surface area contributed by atoms with Gasteiger partial charge in [-0.1, -0.05) is 42.5 Å². The highest BCUT2D eigenvalue weighted by atomic mass is 15.2. The average molecular weight is 212 g/mol. The molecule has 0 saturated carbocycles. The van der Waals surface area contributed by atoms with Crippen LogP contribution in [0.1, 0.15) is 12.5 Å². The van der Waals surface area contributed by atoms with Crippen molar-refractivity contribution < 1.29 is 0 Å². The predicted octanol–water partition coefficient (Wildman–Crippen LogP) is 2.84. The molecule has 0 bridgehead atoms. The monoisotopic (exact) mass is 212 g/mol. The molecular weight excluding hydrogens is 196 g/mol. The minimum Gasteiger partial charge on any atom is -0.326 e. The Labute approximate surface area is 96.6 Å². The SMILES string of the molecule is CN=C(c1ccccc1)N1C=CC=C[C@H]1C. The maximum absolute atomic E-state index is 4.39. The van der Waals surface area contributed by atoms with Crippen molar-refractivity contribution in [2.75, 3.05) is 7.05 Å². The van der Waals surface area contributed by atoms with Crippen LogP contribution in [0.25, 0.3) is 0 Å². The van der Waals surface area contributed by atoms with Gasteiger partial charge in [-0.3, -0.25) is 4.99 Å². The van der Waals surface area contributed by atoms with Gasteiger partial charge in [0.25, 0.3) is 0 Å². The van der Waals surface area contributed by atoms with Gasteiger partial charge in [0.05, 0.1) is 6.04 Å². The lowest BCUT2D eigenvalue weighted by molar-refractivity contribution is 0.492. The molecule has 1 atom stereocenters. The molecule has 1 aromatic carbocycles. The van der Waals surface area contributed by atoms with E-state index in [0.717, 1.165) is 11.4 Å². The summed E-state index contributed by atoms with van der Waals surface area (Å²) in [6.45, 7) is 2.16. The number of benzene rings is 1. The Morgan fingerprint density at radius 3 is 2.56 bits per heavy atom. The Morgan fingerprint density at radius 2 is 1.94 bits per heavy atom. The second-order valence-corrected chi connectivity index (χ2v) is 3.79. The van der Waals surface area contributed by atoms with Crippen LogP contribution in [0.3, 0.4) is 0 Å². The summed E-state index contributed by atoms with van der Waals surface area (Å²) >= 11 is 0. The molecule has 1 aliphatic heterocycles. The van der Waals surface area contributed by atoms with E-state index in [0.29, 0.717) is 6.04 Å². The third-order valence-corrected chi connectivity index (χ3v) is 2.67. The standard InChI is InChI=1S/C14H16N2/c1-12-8-6-7-11-16(12)14(15-2)13-9-4-3-5-10-13/h3-12H,1-2H3/t12-/m1/s1. The van der Waals surface area contributed by atoms with Crippen molar-refractivity contribution in [2.45, 2.75) is 13.0 Å². The molecule has 0 saturated heterocycles. The van der Waals surface area contributed by atoms with E-state index < -0.39 is 0 Å². The summed E-state index contributed by atoms with van der Waals surface area (Å²) in [6, 6.07) is 10.6. The highest BCUT2D eigenvalue weighted by Crippen LogP contribution is 2.14. The second-order valence-electron chi connectivity index (χ2n) is 3.79. The summed E-state index contributed by atoms with van der Waals surface area (Å²) in [4.78, 5) is 6.57. The molecule has 0 radical (unpaired) electrons. The number of rotatable bonds is 1. The van der Waals surface area contributed by atoms with Gasteiger partial charge in [-0.05, 0) is 13.0 Å². The summed E-state index contributed by atoms with van der Waals surface area (Å²) < 4.78 is 0. The van der Waals surface area contributed by atoms with Crippen LogP contribution in [0.4, 0.5) is 0 Å². The lowest BCUT2D eigenvalue weighted by Crippen LogP contribution is -2.34. The third-order valence-electron chi connectivity index (χ3n) is 2.67. The molecule has 0 aliphatic carbocycles. The predicted molar refractivity (Wildman–Crippen MR) is 68.5 cm³/mol. The van der Waals surface area contributed by atoms with Crippen LogP contribution in [0, 0.1) is 0 Å². The molecule has 1 aromatic rings. The molecule has 0 N–H and O–H groups in total. The second kappa shape index (κ2) is 4.79. The quantitative estimate of drug-likeness (QED) is 0.516. The molecule has 16 heavy (non-hydrogen) atoms. The molecule has 0 spiro atoms. The first-order valence-corrected chi connectivity index (χ1v) is 5.48. The number of hydrogen-bond acceptors (Lipinski definition) is 1. The van der Waals surface area contributed by atoms with Crippen LogP contribution in [0.2, 0.25) is 0 Å². The van der Waals surface area contributed by atoms with Crippen LogP contribution >= 0.6 is 0 Å². The fourth-order valence-corrected chi connectivity index (χ4v) is 1.84. The first-order valence-electron chi connectivity index (χ1n) is 5.48. The summed E-state index contributed by atoms with van der Waals surface area (Å²) in [7, 11) is 1.83. The summed E-state index contributed by atoms with van der Waals surface area (Å²) in [5.74, 6) is 1.01. The Hall–Kier alpha value is -1.83. The highest BCUT2D eigenvalue weighted by molar-refractivity contribution is 5.99. The topological polar surface area (TPSA) is 15.6 Å². The van der Waals surface area contributed by atoms with Crippen LogP contribution in [-0.2, 0) is 0 Å². The lowest BCUT2D eigenvalue weighted by atomic mass is 10.1. The maximum atomic E-state index is 4.39. The zero-order chi connectivity index (χ0) is 11.4. The molecular formula is C14H16N2. The third kappa shape index (κ3) is 2.06. The van der Waals surface area contributed by atoms with Crippen molar-refractivity contribution in [1.82, 2.24) is 4.90 Å². The van der Waals surface area contributed by atoms with Crippen LogP contribution < -0.4 is 0 Å². The Bertz CT molecular complexity index is 429. The van der Waals surface area contributed by atoms with E-state index in [1.807, 2.05) is 31.3 Å². The van der Waals surface area contributed by atoms with Gasteiger partial charge in [0.2, 0.25) is 0 Å². The lowest BCUT2D eigenvalue weighted by Gasteiger charge is -2.28. The molecule has 2 nitrogen and oxygen atoms in total. The van der Waals surface area contributed by atoms with Gasteiger partial charge in [-0.15, -0.1) is 0 Å². The fourth-order valence-electron chi connectivity index (χ4n) is 1.84. The molecule has 1 heterocycles. The first-order chi connectivity index (χ1) is 7.83. The number of aliphatic imine (C=N–C) groups is 1. The Balaban J connectivity index is 2.31. The van der Waals surface area contributed by atoms with Crippen molar-refractivity contribution in [3.05, 3.63) is 60.3 Å². The molecule has 0 fully saturated rings. The van der Waals surface area contributed by atoms with E-state index >= 15 is 0 Å². The van der Waals surface area contributed by atoms with Crippen molar-refractivity contribution in [1.29, 1.82) is 0 Å². The molecule has 0 aromatic heterocycles. The summed E-state index contributed by atoms with van der Waals surface area (Å²) in [6.07, 6.45) is 8.33. The van der Waals surface area contributed by atoms with E-state index in [-0.39, 0.29) is 0 Å². The van der Waals surface area contributed by atoms with Gasteiger partial charge in [0.15, 0.2) is 0 Å². The zero-order valence-corrected chi connectivity index (χ0v) is 9.67. The van der Waals surface area contributed by atoms with Gasteiger partial charge in [0.1, 0.15) is 5.84 Å². The van der Waals surface area contributed by atoms with E-state index in [1.165, 1.54) is 0 Å². The average Bonchev–Trinajstić information content (AvgIpc) is 2.34. The molecule has 1 aliphatic rings. The molecule has 2 heteroatoms. The van der Waals surface area contributed by atoms with Crippen molar-refractivity contribution in [3.8, 4) is 0 Å². The fraction of sp³-hybridized carbons (Fsp3) is 0.214.